The van der Waals surface area contributed by atoms with Crippen molar-refractivity contribution in [2.75, 3.05) is 6.61 Å². The number of unbranched alkanes of at least 4 members (excludes halogenated alkanes) is 1. The number of rotatable bonds is 8. The predicted molar refractivity (Wildman–Crippen MR) is 80.7 cm³/mol. The molecule has 0 N–H and O–H groups in total. The summed E-state index contributed by atoms with van der Waals surface area (Å²) in [7, 11) is 0. The average Bonchev–Trinajstić information content (AvgIpc) is 2.40. The van der Waals surface area contributed by atoms with Crippen molar-refractivity contribution in [1.29, 1.82) is 0 Å². The molecular weight excluding hydrogens is 283 g/mol. The lowest BCUT2D eigenvalue weighted by molar-refractivity contribution is 0.111. The fourth-order valence-corrected chi connectivity index (χ4v) is 2.48. The lowest BCUT2D eigenvalue weighted by Crippen LogP contribution is -2.12. The van der Waals surface area contributed by atoms with Gasteiger partial charge in [-0.1, -0.05) is 56.3 Å². The molecule has 106 valence electrons. The molecule has 0 amide bonds. The Balaban J connectivity index is 2.73. The summed E-state index contributed by atoms with van der Waals surface area (Å²) >= 11 is 11.9. The second-order valence-corrected chi connectivity index (χ2v) is 5.49. The van der Waals surface area contributed by atoms with Gasteiger partial charge in [-0.05, 0) is 24.5 Å². The van der Waals surface area contributed by atoms with Gasteiger partial charge >= 0.3 is 0 Å². The minimum absolute atomic E-state index is 0.389. The van der Waals surface area contributed by atoms with Crippen LogP contribution in [0, 0.1) is 5.92 Å². The Morgan fingerprint density at radius 1 is 1.32 bits per heavy atom. The van der Waals surface area contributed by atoms with E-state index in [0.717, 1.165) is 19.1 Å². The molecule has 0 heterocycles. The first kappa shape index (κ1) is 16.3. The summed E-state index contributed by atoms with van der Waals surface area (Å²) in [4.78, 5) is 11.0. The van der Waals surface area contributed by atoms with E-state index in [1.807, 2.05) is 0 Å². The highest BCUT2D eigenvalue weighted by atomic mass is 35.5. The summed E-state index contributed by atoms with van der Waals surface area (Å²) in [5.41, 5.74) is 0.405. The first-order valence-electron chi connectivity index (χ1n) is 6.69. The van der Waals surface area contributed by atoms with Crippen LogP contribution in [0.4, 0.5) is 0 Å². The molecule has 0 aliphatic rings. The normalized spacial score (nSPS) is 12.2. The topological polar surface area (TPSA) is 26.3 Å². The maximum absolute atomic E-state index is 11.0. The maximum Gasteiger partial charge on any atom is 0.153 e. The van der Waals surface area contributed by atoms with Gasteiger partial charge in [0.05, 0.1) is 17.2 Å². The van der Waals surface area contributed by atoms with E-state index in [4.69, 9.17) is 27.9 Å². The molecule has 0 saturated heterocycles. The number of hydrogen-bond donors (Lipinski definition) is 0. The Bertz CT molecular complexity index is 419. The van der Waals surface area contributed by atoms with Crippen LogP contribution >= 0.6 is 23.2 Å². The van der Waals surface area contributed by atoms with Crippen molar-refractivity contribution in [2.24, 2.45) is 5.92 Å². The lowest BCUT2D eigenvalue weighted by Gasteiger charge is -2.17. The lowest BCUT2D eigenvalue weighted by atomic mass is 10.0. The fraction of sp³-hybridized carbons (Fsp3) is 0.533. The van der Waals surface area contributed by atoms with Crippen molar-refractivity contribution in [3.8, 4) is 5.75 Å². The molecule has 0 aliphatic carbocycles. The van der Waals surface area contributed by atoms with E-state index in [2.05, 4.69) is 13.8 Å². The molecule has 0 fully saturated rings. The van der Waals surface area contributed by atoms with E-state index < -0.39 is 0 Å². The highest BCUT2D eigenvalue weighted by Crippen LogP contribution is 2.32. The van der Waals surface area contributed by atoms with Gasteiger partial charge in [0.2, 0.25) is 0 Å². The van der Waals surface area contributed by atoms with Crippen LogP contribution in [0.3, 0.4) is 0 Å². The van der Waals surface area contributed by atoms with Crippen molar-refractivity contribution in [2.45, 2.75) is 39.5 Å². The summed E-state index contributed by atoms with van der Waals surface area (Å²) in [6, 6.07) is 3.17. The fourth-order valence-electron chi connectivity index (χ4n) is 1.92. The SMILES string of the molecule is CCCCC(CC)COc1c(Cl)cc(Cl)cc1C=O. The van der Waals surface area contributed by atoms with Gasteiger partial charge in [0.1, 0.15) is 5.75 Å². The van der Waals surface area contributed by atoms with Crippen LogP contribution in [0.1, 0.15) is 49.9 Å². The van der Waals surface area contributed by atoms with Gasteiger partial charge in [0.15, 0.2) is 6.29 Å². The number of halogens is 2. The molecule has 1 aromatic rings. The molecule has 2 nitrogen and oxygen atoms in total. The zero-order valence-corrected chi connectivity index (χ0v) is 12.9. The second-order valence-electron chi connectivity index (χ2n) is 4.65. The van der Waals surface area contributed by atoms with Crippen LogP contribution < -0.4 is 4.74 Å². The van der Waals surface area contributed by atoms with Gasteiger partial charge in [-0.25, -0.2) is 0 Å². The third kappa shape index (κ3) is 5.04. The first-order valence-corrected chi connectivity index (χ1v) is 7.44. The van der Waals surface area contributed by atoms with Crippen molar-refractivity contribution in [1.82, 2.24) is 0 Å². The van der Waals surface area contributed by atoms with Crippen LogP contribution in [-0.2, 0) is 0 Å². The summed E-state index contributed by atoms with van der Waals surface area (Å²) in [6.07, 6.45) is 5.28. The Morgan fingerprint density at radius 2 is 2.05 bits per heavy atom. The molecule has 1 atom stereocenters. The van der Waals surface area contributed by atoms with Gasteiger partial charge in [0, 0.05) is 5.02 Å². The third-order valence-corrected chi connectivity index (χ3v) is 3.67. The van der Waals surface area contributed by atoms with Crippen LogP contribution in [0.5, 0.6) is 5.75 Å². The smallest absolute Gasteiger partial charge is 0.153 e. The monoisotopic (exact) mass is 302 g/mol. The summed E-state index contributed by atoms with van der Waals surface area (Å²) in [6.45, 7) is 4.90. The van der Waals surface area contributed by atoms with Gasteiger partial charge in [-0.2, -0.15) is 0 Å². The second kappa shape index (κ2) is 8.44. The summed E-state index contributed by atoms with van der Waals surface area (Å²) < 4.78 is 5.74. The highest BCUT2D eigenvalue weighted by Gasteiger charge is 2.13. The van der Waals surface area contributed by atoms with E-state index >= 15 is 0 Å². The van der Waals surface area contributed by atoms with Gasteiger partial charge < -0.3 is 4.74 Å². The molecule has 0 radical (unpaired) electrons. The van der Waals surface area contributed by atoms with Crippen molar-refractivity contribution in [3.63, 3.8) is 0 Å². The minimum atomic E-state index is 0.389. The number of ether oxygens (including phenoxy) is 1. The summed E-state index contributed by atoms with van der Waals surface area (Å²) in [5.74, 6) is 0.933. The van der Waals surface area contributed by atoms with E-state index in [-0.39, 0.29) is 0 Å². The maximum atomic E-state index is 11.0. The summed E-state index contributed by atoms with van der Waals surface area (Å²) in [5, 5.41) is 0.831. The Kier molecular flexibility index (Phi) is 7.25. The number of benzene rings is 1. The first-order chi connectivity index (χ1) is 9.12. The molecule has 0 saturated carbocycles. The molecule has 19 heavy (non-hydrogen) atoms. The van der Waals surface area contributed by atoms with E-state index in [0.29, 0.717) is 33.9 Å². The molecule has 4 heteroatoms. The van der Waals surface area contributed by atoms with E-state index in [1.54, 1.807) is 12.1 Å². The molecule has 0 aliphatic heterocycles. The van der Waals surface area contributed by atoms with Crippen LogP contribution in [-0.4, -0.2) is 12.9 Å². The predicted octanol–water partition coefficient (Wildman–Crippen LogP) is 5.40. The van der Waals surface area contributed by atoms with Gasteiger partial charge in [0.25, 0.3) is 0 Å². The zero-order chi connectivity index (χ0) is 14.3. The molecular formula is C15H20Cl2O2. The van der Waals surface area contributed by atoms with Crippen LogP contribution in [0.15, 0.2) is 12.1 Å². The Hall–Kier alpha value is -0.730. The largest absolute Gasteiger partial charge is 0.491 e. The molecule has 1 aromatic carbocycles. The van der Waals surface area contributed by atoms with Crippen LogP contribution in [0.2, 0.25) is 10.0 Å². The number of carbonyl (C=O) groups excluding carboxylic acids is 1. The number of aldehydes is 1. The third-order valence-electron chi connectivity index (χ3n) is 3.17. The number of hydrogen-bond acceptors (Lipinski definition) is 2. The minimum Gasteiger partial charge on any atom is -0.491 e. The number of carbonyl (C=O) groups is 1. The average molecular weight is 303 g/mol. The molecule has 0 aromatic heterocycles. The molecule has 0 spiro atoms. The Morgan fingerprint density at radius 3 is 2.63 bits per heavy atom. The molecule has 1 rings (SSSR count). The van der Waals surface area contributed by atoms with Gasteiger partial charge in [-0.15, -0.1) is 0 Å². The van der Waals surface area contributed by atoms with Crippen molar-refractivity contribution >= 4 is 29.5 Å². The van der Waals surface area contributed by atoms with Crippen molar-refractivity contribution < 1.29 is 9.53 Å². The zero-order valence-electron chi connectivity index (χ0n) is 11.4. The quantitative estimate of drug-likeness (QED) is 0.601. The molecule has 1 unspecified atom stereocenters. The molecule has 0 bridgehead atoms. The van der Waals surface area contributed by atoms with E-state index in [9.17, 15) is 4.79 Å². The highest BCUT2D eigenvalue weighted by molar-refractivity contribution is 6.36. The van der Waals surface area contributed by atoms with Gasteiger partial charge in [-0.3, -0.25) is 4.79 Å². The standard InChI is InChI=1S/C15H20Cl2O2/c1-3-5-6-11(4-2)10-19-15-12(9-18)7-13(16)8-14(15)17/h7-9,11H,3-6,10H2,1-2H3. The van der Waals surface area contributed by atoms with E-state index in [1.165, 1.54) is 12.8 Å². The van der Waals surface area contributed by atoms with Crippen molar-refractivity contribution in [3.05, 3.63) is 27.7 Å². The Labute approximate surface area is 125 Å². The van der Waals surface area contributed by atoms with Crippen LogP contribution in [0.25, 0.3) is 0 Å².